The average molecular weight is 393 g/mol. The summed E-state index contributed by atoms with van der Waals surface area (Å²) in [7, 11) is 0. The van der Waals surface area contributed by atoms with E-state index in [4.69, 9.17) is 4.74 Å². The molecule has 0 bridgehead atoms. The number of aryl methyl sites for hydroxylation is 1. The molecule has 5 nitrogen and oxygen atoms in total. The van der Waals surface area contributed by atoms with Crippen molar-refractivity contribution in [3.05, 3.63) is 83.4 Å². The first-order valence-corrected chi connectivity index (χ1v) is 10.0. The van der Waals surface area contributed by atoms with Crippen LogP contribution in [0.25, 0.3) is 5.69 Å². The number of carbonyl (C=O) groups excluding carboxylic acids is 1. The van der Waals surface area contributed by atoms with Gasteiger partial charge in [0.05, 0.1) is 6.10 Å². The van der Waals surface area contributed by atoms with Crippen LogP contribution in [0.3, 0.4) is 0 Å². The predicted octanol–water partition coefficient (Wildman–Crippen LogP) is 4.23. The minimum absolute atomic E-state index is 0.145. The van der Waals surface area contributed by atoms with Gasteiger partial charge in [0.15, 0.2) is 5.69 Å². The lowest BCUT2D eigenvalue weighted by Crippen LogP contribution is -2.26. The molecule has 1 aliphatic carbocycles. The number of carbonyl (C=O) groups is 1. The Balaban J connectivity index is 1.24. The Morgan fingerprint density at radius 1 is 1.17 bits per heavy atom. The van der Waals surface area contributed by atoms with Crippen LogP contribution >= 0.6 is 0 Å². The van der Waals surface area contributed by atoms with Crippen molar-refractivity contribution in [1.82, 2.24) is 15.1 Å². The largest absolute Gasteiger partial charge is 0.373 e. The second kappa shape index (κ2) is 9.01. The highest BCUT2D eigenvalue weighted by atomic mass is 19.1. The molecule has 0 saturated carbocycles. The van der Waals surface area contributed by atoms with Crippen molar-refractivity contribution in [2.24, 2.45) is 0 Å². The van der Waals surface area contributed by atoms with Crippen molar-refractivity contribution >= 4 is 5.91 Å². The minimum atomic E-state index is -0.385. The van der Waals surface area contributed by atoms with Crippen LogP contribution in [-0.2, 0) is 11.2 Å². The summed E-state index contributed by atoms with van der Waals surface area (Å²) in [6.45, 7) is 1.09. The summed E-state index contributed by atoms with van der Waals surface area (Å²) in [5.41, 5.74) is 3.24. The molecule has 3 aromatic rings. The standard InChI is InChI=1S/C23H24FN3O2/c24-19-10-3-4-11-21(19)27-15-13-20(26-27)23(28)25-14-6-16-29-22-12-5-8-17-7-1-2-9-18(17)22/h1-4,7,9-11,13,15,22H,5-6,8,12,14,16H2,(H,25,28). The number of ether oxygens (including phenoxy) is 1. The number of halogens is 1. The van der Waals surface area contributed by atoms with E-state index in [9.17, 15) is 9.18 Å². The minimum Gasteiger partial charge on any atom is -0.373 e. The van der Waals surface area contributed by atoms with E-state index in [2.05, 4.69) is 34.7 Å². The van der Waals surface area contributed by atoms with Crippen LogP contribution < -0.4 is 5.32 Å². The molecule has 150 valence electrons. The zero-order chi connectivity index (χ0) is 20.1. The third kappa shape index (κ3) is 4.54. The van der Waals surface area contributed by atoms with Gasteiger partial charge in [-0.05, 0) is 55.0 Å². The third-order valence-electron chi connectivity index (χ3n) is 5.16. The smallest absolute Gasteiger partial charge is 0.271 e. The molecule has 1 atom stereocenters. The predicted molar refractivity (Wildman–Crippen MR) is 109 cm³/mol. The van der Waals surface area contributed by atoms with E-state index in [0.29, 0.717) is 18.8 Å². The second-order valence-corrected chi connectivity index (χ2v) is 7.16. The van der Waals surface area contributed by atoms with Crippen LogP contribution in [0.1, 0.15) is 47.0 Å². The Morgan fingerprint density at radius 2 is 2.00 bits per heavy atom. The number of benzene rings is 2. The lowest BCUT2D eigenvalue weighted by atomic mass is 9.89. The van der Waals surface area contributed by atoms with Crippen LogP contribution in [0, 0.1) is 5.82 Å². The molecule has 1 N–H and O–H groups in total. The van der Waals surface area contributed by atoms with Gasteiger partial charge < -0.3 is 10.1 Å². The van der Waals surface area contributed by atoms with Crippen molar-refractivity contribution in [2.45, 2.75) is 31.8 Å². The molecule has 1 heterocycles. The van der Waals surface area contributed by atoms with Crippen LogP contribution in [0.2, 0.25) is 0 Å². The van der Waals surface area contributed by atoms with Crippen molar-refractivity contribution in [3.63, 3.8) is 0 Å². The number of aromatic nitrogens is 2. The number of para-hydroxylation sites is 1. The van der Waals surface area contributed by atoms with E-state index in [1.54, 1.807) is 30.5 Å². The van der Waals surface area contributed by atoms with Crippen LogP contribution in [0.4, 0.5) is 4.39 Å². The van der Waals surface area contributed by atoms with Gasteiger partial charge >= 0.3 is 0 Å². The first-order chi connectivity index (χ1) is 14.2. The van der Waals surface area contributed by atoms with Crippen LogP contribution in [0.15, 0.2) is 60.8 Å². The van der Waals surface area contributed by atoms with Gasteiger partial charge in [-0.15, -0.1) is 0 Å². The number of hydrogen-bond donors (Lipinski definition) is 1. The summed E-state index contributed by atoms with van der Waals surface area (Å²) in [6, 6.07) is 16.3. The highest BCUT2D eigenvalue weighted by Crippen LogP contribution is 2.32. The molecule has 1 amide bonds. The fourth-order valence-electron chi connectivity index (χ4n) is 3.69. The lowest BCUT2D eigenvalue weighted by Gasteiger charge is -2.25. The van der Waals surface area contributed by atoms with E-state index in [0.717, 1.165) is 25.7 Å². The maximum atomic E-state index is 13.8. The molecule has 0 saturated heterocycles. The fourth-order valence-corrected chi connectivity index (χ4v) is 3.69. The lowest BCUT2D eigenvalue weighted by molar-refractivity contribution is 0.0393. The maximum Gasteiger partial charge on any atom is 0.271 e. The molecule has 29 heavy (non-hydrogen) atoms. The molecule has 0 fully saturated rings. The van der Waals surface area contributed by atoms with Gasteiger partial charge in [-0.1, -0.05) is 36.4 Å². The molecule has 0 aliphatic heterocycles. The Morgan fingerprint density at radius 3 is 2.90 bits per heavy atom. The monoisotopic (exact) mass is 393 g/mol. The van der Waals surface area contributed by atoms with E-state index in [1.165, 1.54) is 21.9 Å². The molecule has 1 aromatic heterocycles. The Hall–Kier alpha value is -2.99. The summed E-state index contributed by atoms with van der Waals surface area (Å²) in [5.74, 6) is -0.660. The summed E-state index contributed by atoms with van der Waals surface area (Å²) in [4.78, 5) is 12.3. The molecule has 6 heteroatoms. The molecular weight excluding hydrogens is 369 g/mol. The first-order valence-electron chi connectivity index (χ1n) is 10.0. The molecule has 1 unspecified atom stereocenters. The van der Waals surface area contributed by atoms with Gasteiger partial charge in [-0.25, -0.2) is 9.07 Å². The number of fused-ring (bicyclic) bond motifs is 1. The SMILES string of the molecule is O=C(NCCCOC1CCCc2ccccc21)c1ccn(-c2ccccc2F)n1. The van der Waals surface area contributed by atoms with Gasteiger partial charge in [0, 0.05) is 19.3 Å². The number of rotatable bonds is 7. The summed E-state index contributed by atoms with van der Waals surface area (Å²) in [5, 5.41) is 7.02. The maximum absolute atomic E-state index is 13.8. The van der Waals surface area contributed by atoms with Gasteiger partial charge in [-0.3, -0.25) is 4.79 Å². The number of hydrogen-bond acceptors (Lipinski definition) is 3. The molecule has 0 radical (unpaired) electrons. The quantitative estimate of drug-likeness (QED) is 0.612. The Bertz CT molecular complexity index is 986. The zero-order valence-corrected chi connectivity index (χ0v) is 16.2. The summed E-state index contributed by atoms with van der Waals surface area (Å²) in [6.07, 6.45) is 5.74. The van der Waals surface area contributed by atoms with Crippen molar-refractivity contribution in [3.8, 4) is 5.69 Å². The Labute approximate surface area is 169 Å². The Kier molecular flexibility index (Phi) is 6.00. The van der Waals surface area contributed by atoms with E-state index < -0.39 is 0 Å². The first kappa shape index (κ1) is 19.3. The van der Waals surface area contributed by atoms with Crippen molar-refractivity contribution in [2.75, 3.05) is 13.2 Å². The normalized spacial score (nSPS) is 15.7. The molecule has 1 aliphatic rings. The van der Waals surface area contributed by atoms with Crippen molar-refractivity contribution in [1.29, 1.82) is 0 Å². The molecule has 2 aromatic carbocycles. The summed E-state index contributed by atoms with van der Waals surface area (Å²) < 4.78 is 21.3. The second-order valence-electron chi connectivity index (χ2n) is 7.16. The number of nitrogens with zero attached hydrogens (tertiary/aromatic N) is 2. The highest BCUT2D eigenvalue weighted by Gasteiger charge is 2.20. The topological polar surface area (TPSA) is 56.1 Å². The van der Waals surface area contributed by atoms with Crippen LogP contribution in [-0.4, -0.2) is 28.8 Å². The molecular formula is C23H24FN3O2. The van der Waals surface area contributed by atoms with Gasteiger partial charge in [0.25, 0.3) is 5.91 Å². The molecule has 4 rings (SSSR count). The van der Waals surface area contributed by atoms with E-state index in [1.807, 2.05) is 0 Å². The fraction of sp³-hybridized carbons (Fsp3) is 0.304. The zero-order valence-electron chi connectivity index (χ0n) is 16.2. The van der Waals surface area contributed by atoms with E-state index in [-0.39, 0.29) is 23.5 Å². The van der Waals surface area contributed by atoms with Gasteiger partial charge in [0.1, 0.15) is 11.5 Å². The molecule has 0 spiro atoms. The number of amides is 1. The highest BCUT2D eigenvalue weighted by molar-refractivity contribution is 5.92. The van der Waals surface area contributed by atoms with E-state index >= 15 is 0 Å². The van der Waals surface area contributed by atoms with Gasteiger partial charge in [0.2, 0.25) is 0 Å². The average Bonchev–Trinajstić information content (AvgIpc) is 3.24. The van der Waals surface area contributed by atoms with Gasteiger partial charge in [-0.2, -0.15) is 5.10 Å². The number of nitrogens with one attached hydrogen (secondary N) is 1. The van der Waals surface area contributed by atoms with Crippen molar-refractivity contribution < 1.29 is 13.9 Å². The van der Waals surface area contributed by atoms with Crippen LogP contribution in [0.5, 0.6) is 0 Å². The third-order valence-corrected chi connectivity index (χ3v) is 5.16. The summed E-state index contributed by atoms with van der Waals surface area (Å²) >= 11 is 0.